The minimum absolute atomic E-state index is 0.00158. The van der Waals surface area contributed by atoms with Crippen LogP contribution in [0.1, 0.15) is 24.1 Å². The Hall–Kier alpha value is -5.39. The first-order valence-corrected chi connectivity index (χ1v) is 12.0. The fraction of sp³-hybridized carbons (Fsp3) is 0.179. The lowest BCUT2D eigenvalue weighted by Crippen LogP contribution is -2.46. The first-order valence-electron chi connectivity index (χ1n) is 12.0. The minimum Gasteiger partial charge on any atom is -0.468 e. The van der Waals surface area contributed by atoms with Gasteiger partial charge in [-0.1, -0.05) is 36.4 Å². The van der Waals surface area contributed by atoms with Crippen LogP contribution in [-0.4, -0.2) is 41.8 Å². The summed E-state index contributed by atoms with van der Waals surface area (Å²) in [5, 5.41) is 11.0. The number of carbonyl (C=O) groups is 2. The molecule has 5 rings (SSSR count). The van der Waals surface area contributed by atoms with Gasteiger partial charge in [0, 0.05) is 12.1 Å². The zero-order valence-corrected chi connectivity index (χ0v) is 21.4. The van der Waals surface area contributed by atoms with Crippen LogP contribution in [0.4, 0.5) is 10.5 Å². The lowest BCUT2D eigenvalue weighted by Gasteiger charge is -2.35. The number of fused-ring (bicyclic) bond motifs is 1. The maximum atomic E-state index is 13.6. The summed E-state index contributed by atoms with van der Waals surface area (Å²) in [5.74, 6) is 0.275. The quantitative estimate of drug-likeness (QED) is 0.240. The van der Waals surface area contributed by atoms with E-state index in [0.717, 1.165) is 10.5 Å². The van der Waals surface area contributed by atoms with Gasteiger partial charge in [0.1, 0.15) is 18.4 Å². The van der Waals surface area contributed by atoms with Crippen molar-refractivity contribution in [1.29, 1.82) is 0 Å². The Morgan fingerprint density at radius 1 is 1.05 bits per heavy atom. The second-order valence-corrected chi connectivity index (χ2v) is 8.66. The van der Waals surface area contributed by atoms with Gasteiger partial charge in [0.25, 0.3) is 5.69 Å². The zero-order valence-electron chi connectivity index (χ0n) is 21.4. The van der Waals surface area contributed by atoms with Gasteiger partial charge in [-0.3, -0.25) is 10.1 Å². The van der Waals surface area contributed by atoms with Crippen molar-refractivity contribution in [2.45, 2.75) is 19.6 Å². The zero-order chi connectivity index (χ0) is 28.2. The van der Waals surface area contributed by atoms with Gasteiger partial charge in [-0.15, -0.1) is 0 Å². The molecule has 40 heavy (non-hydrogen) atoms. The smallest absolute Gasteiger partial charge is 0.424 e. The molecule has 12 nitrogen and oxygen atoms in total. The molecule has 1 unspecified atom stereocenters. The van der Waals surface area contributed by atoms with Crippen LogP contribution >= 0.6 is 0 Å². The number of esters is 1. The highest BCUT2D eigenvalue weighted by Gasteiger charge is 2.42. The molecule has 3 aromatic rings. The predicted molar refractivity (Wildman–Crippen MR) is 140 cm³/mol. The van der Waals surface area contributed by atoms with Crippen LogP contribution in [0, 0.1) is 10.1 Å². The molecule has 0 bridgehead atoms. The molecule has 2 aliphatic rings. The van der Waals surface area contributed by atoms with Crippen molar-refractivity contribution in [3.8, 4) is 17.2 Å². The number of carbonyl (C=O) groups excluding carboxylic acids is 2. The molecule has 12 heteroatoms. The Kier molecular flexibility index (Phi) is 7.31. The molecule has 0 radical (unpaired) electrons. The monoisotopic (exact) mass is 545 g/mol. The summed E-state index contributed by atoms with van der Waals surface area (Å²) in [4.78, 5) is 43.0. The molecule has 204 valence electrons. The highest BCUT2D eigenvalue weighted by Crippen LogP contribution is 2.41. The lowest BCUT2D eigenvalue weighted by molar-refractivity contribution is -0.384. The van der Waals surface area contributed by atoms with E-state index in [1.54, 1.807) is 25.1 Å². The molecule has 0 saturated heterocycles. The first-order chi connectivity index (χ1) is 19.4. The largest absolute Gasteiger partial charge is 0.468 e. The topological polar surface area (TPSA) is 139 Å². The Morgan fingerprint density at radius 2 is 1.77 bits per heavy atom. The molecule has 0 saturated carbocycles. The van der Waals surface area contributed by atoms with Crippen LogP contribution in [-0.2, 0) is 20.9 Å². The van der Waals surface area contributed by atoms with Crippen molar-refractivity contribution >= 4 is 23.8 Å². The van der Waals surface area contributed by atoms with Crippen molar-refractivity contribution in [2.24, 2.45) is 4.99 Å². The molecule has 0 fully saturated rings. The van der Waals surface area contributed by atoms with Crippen molar-refractivity contribution in [3.05, 3.63) is 105 Å². The third kappa shape index (κ3) is 5.27. The summed E-state index contributed by atoms with van der Waals surface area (Å²) < 4.78 is 27.5. The summed E-state index contributed by atoms with van der Waals surface area (Å²) in [5.41, 5.74) is 1.44. The van der Waals surface area contributed by atoms with E-state index in [4.69, 9.17) is 23.7 Å². The summed E-state index contributed by atoms with van der Waals surface area (Å²) >= 11 is 0. The Morgan fingerprint density at radius 3 is 2.48 bits per heavy atom. The number of non-ortho nitro benzene ring substituents is 1. The van der Waals surface area contributed by atoms with Gasteiger partial charge in [-0.05, 0) is 42.3 Å². The molecule has 0 N–H and O–H groups in total. The standard InChI is InChI=1S/C28H23N3O9/c1-17-24(26(32)37-15-18-6-4-3-5-7-18)25(19-8-13-22-23(14-19)39-16-38-22)30(27(29-17)36-2)28(33)40-21-11-9-20(10-12-21)31(34)35/h3-14,25H,15-16H2,1-2H3. The number of aliphatic imine (C=N–C) groups is 1. The molecule has 0 aromatic heterocycles. The summed E-state index contributed by atoms with van der Waals surface area (Å²) in [6, 6.07) is 17.9. The summed E-state index contributed by atoms with van der Waals surface area (Å²) in [7, 11) is 1.33. The van der Waals surface area contributed by atoms with Crippen LogP contribution in [0.15, 0.2) is 89.1 Å². The van der Waals surface area contributed by atoms with Crippen molar-refractivity contribution < 1.29 is 38.2 Å². The maximum absolute atomic E-state index is 13.6. The van der Waals surface area contributed by atoms with E-state index in [0.29, 0.717) is 17.1 Å². The lowest BCUT2D eigenvalue weighted by atomic mass is 9.94. The molecule has 0 aliphatic carbocycles. The van der Waals surface area contributed by atoms with E-state index in [2.05, 4.69) is 4.99 Å². The fourth-order valence-corrected chi connectivity index (χ4v) is 4.27. The van der Waals surface area contributed by atoms with Crippen molar-refractivity contribution in [2.75, 3.05) is 13.9 Å². The normalized spacial score (nSPS) is 15.8. The molecule has 0 spiro atoms. The molecule has 2 heterocycles. The Balaban J connectivity index is 1.52. The molecule has 3 aromatic carbocycles. The van der Waals surface area contributed by atoms with Gasteiger partial charge in [-0.2, -0.15) is 0 Å². The van der Waals surface area contributed by atoms with Gasteiger partial charge in [0.2, 0.25) is 6.79 Å². The van der Waals surface area contributed by atoms with E-state index >= 15 is 0 Å². The van der Waals surface area contributed by atoms with Gasteiger partial charge in [0.15, 0.2) is 11.5 Å². The molecular weight excluding hydrogens is 522 g/mol. The second kappa shape index (κ2) is 11.2. The van der Waals surface area contributed by atoms with E-state index in [1.165, 1.54) is 31.4 Å². The highest BCUT2D eigenvalue weighted by atomic mass is 16.7. The molecule has 1 amide bonds. The molecule has 2 aliphatic heterocycles. The van der Waals surface area contributed by atoms with Gasteiger partial charge in [0.05, 0.1) is 23.3 Å². The van der Waals surface area contributed by atoms with E-state index in [-0.39, 0.29) is 42.1 Å². The van der Waals surface area contributed by atoms with Crippen molar-refractivity contribution in [3.63, 3.8) is 0 Å². The summed E-state index contributed by atoms with van der Waals surface area (Å²) in [6.45, 7) is 1.64. The van der Waals surface area contributed by atoms with Gasteiger partial charge >= 0.3 is 18.1 Å². The predicted octanol–water partition coefficient (Wildman–Crippen LogP) is 4.90. The van der Waals surface area contributed by atoms with E-state index < -0.39 is 23.0 Å². The summed E-state index contributed by atoms with van der Waals surface area (Å²) in [6.07, 6.45) is -0.946. The van der Waals surface area contributed by atoms with Crippen LogP contribution in [0.2, 0.25) is 0 Å². The van der Waals surface area contributed by atoms with E-state index in [9.17, 15) is 19.7 Å². The van der Waals surface area contributed by atoms with Crippen molar-refractivity contribution in [1.82, 2.24) is 4.90 Å². The third-order valence-electron chi connectivity index (χ3n) is 6.17. The maximum Gasteiger partial charge on any atom is 0.424 e. The SMILES string of the molecule is COC1=NC(C)=C(C(=O)OCc2ccccc2)C(c2ccc3c(c2)OCO3)N1C(=O)Oc1ccc([N+](=O)[O-])cc1. The number of allylic oxidation sites excluding steroid dienone is 1. The number of benzene rings is 3. The van der Waals surface area contributed by atoms with Gasteiger partial charge < -0.3 is 23.7 Å². The van der Waals surface area contributed by atoms with Crippen LogP contribution < -0.4 is 14.2 Å². The number of methoxy groups -OCH3 is 1. The number of amidine groups is 1. The highest BCUT2D eigenvalue weighted by molar-refractivity contribution is 6.00. The number of nitrogens with zero attached hydrogens (tertiary/aromatic N) is 3. The Bertz CT molecular complexity index is 1520. The second-order valence-electron chi connectivity index (χ2n) is 8.66. The fourth-order valence-electron chi connectivity index (χ4n) is 4.27. The third-order valence-corrected chi connectivity index (χ3v) is 6.17. The number of amides is 1. The minimum atomic E-state index is -1.09. The van der Waals surface area contributed by atoms with E-state index in [1.807, 2.05) is 30.3 Å². The number of ether oxygens (including phenoxy) is 5. The number of nitro groups is 1. The van der Waals surface area contributed by atoms with Crippen LogP contribution in [0.5, 0.6) is 17.2 Å². The number of hydrogen-bond donors (Lipinski definition) is 0. The van der Waals surface area contributed by atoms with Gasteiger partial charge in [-0.25, -0.2) is 19.5 Å². The number of nitro benzene ring substituents is 1. The number of hydrogen-bond acceptors (Lipinski definition) is 10. The number of rotatable bonds is 6. The van der Waals surface area contributed by atoms with Crippen LogP contribution in [0.3, 0.4) is 0 Å². The molecular formula is C28H23N3O9. The van der Waals surface area contributed by atoms with Crippen LogP contribution in [0.25, 0.3) is 0 Å². The Labute approximate surface area is 228 Å². The average Bonchev–Trinajstić information content (AvgIpc) is 3.44. The molecule has 1 atom stereocenters. The average molecular weight is 546 g/mol. The first kappa shape index (κ1) is 26.2.